The molecule has 2 aromatic rings. The third kappa shape index (κ3) is 4.97. The molecule has 1 aliphatic heterocycles. The van der Waals surface area contributed by atoms with Crippen molar-refractivity contribution in [3.8, 4) is 0 Å². The number of hydrogen-bond acceptors (Lipinski definition) is 4. The quantitative estimate of drug-likeness (QED) is 0.655. The molecular formula is C23H27NO5Si. The summed E-state index contributed by atoms with van der Waals surface area (Å²) >= 11 is 0. The predicted molar refractivity (Wildman–Crippen MR) is 116 cm³/mol. The second kappa shape index (κ2) is 9.26. The third-order valence-corrected chi connectivity index (χ3v) is 10.2. The Hall–Kier alpha value is -2.93. The van der Waals surface area contributed by atoms with Crippen molar-refractivity contribution in [2.45, 2.75) is 43.9 Å². The highest BCUT2D eigenvalue weighted by molar-refractivity contribution is 6.91. The van der Waals surface area contributed by atoms with Gasteiger partial charge in [0.25, 0.3) is 0 Å². The van der Waals surface area contributed by atoms with E-state index in [1.165, 1.54) is 4.90 Å². The van der Waals surface area contributed by atoms with Crippen molar-refractivity contribution in [3.63, 3.8) is 0 Å². The van der Waals surface area contributed by atoms with Crippen molar-refractivity contribution in [1.29, 1.82) is 0 Å². The molecule has 2 aromatic carbocycles. The van der Waals surface area contributed by atoms with E-state index >= 15 is 0 Å². The Bertz CT molecular complexity index is 900. The van der Waals surface area contributed by atoms with Crippen molar-refractivity contribution in [2.75, 3.05) is 6.61 Å². The average Bonchev–Trinajstić information content (AvgIpc) is 3.08. The summed E-state index contributed by atoms with van der Waals surface area (Å²) in [5.41, 5.74) is 0.676. The molecule has 0 aromatic heterocycles. The summed E-state index contributed by atoms with van der Waals surface area (Å²) in [7, 11) is -2.28. The van der Waals surface area contributed by atoms with Gasteiger partial charge in [-0.3, -0.25) is 9.59 Å². The van der Waals surface area contributed by atoms with Crippen molar-refractivity contribution in [1.82, 2.24) is 4.90 Å². The standard InChI is InChI=1S/C23H27NO5Si/c1-30(2,19-11-7-4-8-12-19)20(15-22(26)27)14-21(25)24-18(16-29-23(24)28)13-17-9-5-3-6-10-17/h3-12,18,20H,13-16H2,1-2H3,(H,26,27)/t18-,20?/m0/s1. The van der Waals surface area contributed by atoms with E-state index in [1.807, 2.05) is 60.7 Å². The number of benzene rings is 2. The number of carbonyl (C=O) groups excluding carboxylic acids is 2. The Labute approximate surface area is 177 Å². The summed E-state index contributed by atoms with van der Waals surface area (Å²) < 4.78 is 5.17. The third-order valence-electron chi connectivity index (χ3n) is 5.92. The van der Waals surface area contributed by atoms with Gasteiger partial charge in [0.1, 0.15) is 6.61 Å². The van der Waals surface area contributed by atoms with Crippen LogP contribution in [0.4, 0.5) is 4.79 Å². The fourth-order valence-electron chi connectivity index (χ4n) is 4.01. The van der Waals surface area contributed by atoms with E-state index in [-0.39, 0.29) is 36.9 Å². The van der Waals surface area contributed by atoms with Crippen LogP contribution in [0.5, 0.6) is 0 Å². The molecule has 1 saturated heterocycles. The fourth-order valence-corrected chi connectivity index (χ4v) is 6.90. The van der Waals surface area contributed by atoms with E-state index in [9.17, 15) is 19.5 Å². The zero-order chi connectivity index (χ0) is 21.7. The molecule has 6 nitrogen and oxygen atoms in total. The lowest BCUT2D eigenvalue weighted by atomic mass is 10.1. The number of hydrogen-bond donors (Lipinski definition) is 1. The first-order valence-electron chi connectivity index (χ1n) is 10.1. The second-order valence-electron chi connectivity index (χ2n) is 8.27. The van der Waals surface area contributed by atoms with Crippen LogP contribution in [-0.2, 0) is 20.7 Å². The van der Waals surface area contributed by atoms with Gasteiger partial charge >= 0.3 is 12.1 Å². The molecule has 1 fully saturated rings. The fraction of sp³-hybridized carbons (Fsp3) is 0.348. The summed E-state index contributed by atoms with van der Waals surface area (Å²) in [5.74, 6) is -1.30. The zero-order valence-corrected chi connectivity index (χ0v) is 18.3. The van der Waals surface area contributed by atoms with Gasteiger partial charge in [-0.05, 0) is 17.5 Å². The van der Waals surface area contributed by atoms with E-state index in [4.69, 9.17) is 4.74 Å². The number of carbonyl (C=O) groups is 3. The van der Waals surface area contributed by atoms with Crippen molar-refractivity contribution < 1.29 is 24.2 Å². The Morgan fingerprint density at radius 2 is 1.67 bits per heavy atom. The van der Waals surface area contributed by atoms with Gasteiger partial charge < -0.3 is 9.84 Å². The van der Waals surface area contributed by atoms with Crippen LogP contribution in [-0.4, -0.2) is 48.7 Å². The van der Waals surface area contributed by atoms with Gasteiger partial charge in [-0.15, -0.1) is 0 Å². The van der Waals surface area contributed by atoms with Crippen LogP contribution in [0.2, 0.25) is 18.6 Å². The zero-order valence-electron chi connectivity index (χ0n) is 17.3. The molecule has 2 atom stereocenters. The van der Waals surface area contributed by atoms with Gasteiger partial charge in [0, 0.05) is 12.8 Å². The molecular weight excluding hydrogens is 398 g/mol. The molecule has 1 heterocycles. The van der Waals surface area contributed by atoms with E-state index < -0.39 is 20.1 Å². The van der Waals surface area contributed by atoms with Crippen LogP contribution in [0.15, 0.2) is 60.7 Å². The highest BCUT2D eigenvalue weighted by atomic mass is 28.3. The van der Waals surface area contributed by atoms with Crippen LogP contribution in [0.25, 0.3) is 0 Å². The second-order valence-corrected chi connectivity index (χ2v) is 13.1. The van der Waals surface area contributed by atoms with Crippen LogP contribution in [0.3, 0.4) is 0 Å². The van der Waals surface area contributed by atoms with Crippen LogP contribution in [0, 0.1) is 0 Å². The summed E-state index contributed by atoms with van der Waals surface area (Å²) in [4.78, 5) is 38.3. The summed E-state index contributed by atoms with van der Waals surface area (Å²) in [6, 6.07) is 19.0. The van der Waals surface area contributed by atoms with Crippen molar-refractivity contribution in [3.05, 3.63) is 66.2 Å². The minimum absolute atomic E-state index is 0.0147. The molecule has 1 N–H and O–H groups in total. The topological polar surface area (TPSA) is 83.9 Å². The van der Waals surface area contributed by atoms with Crippen molar-refractivity contribution in [2.24, 2.45) is 0 Å². The summed E-state index contributed by atoms with van der Waals surface area (Å²) in [6.07, 6.45) is -0.219. The van der Waals surface area contributed by atoms with Gasteiger partial charge in [-0.25, -0.2) is 9.69 Å². The van der Waals surface area contributed by atoms with Crippen LogP contribution in [0.1, 0.15) is 18.4 Å². The molecule has 0 spiro atoms. The number of imide groups is 1. The maximum Gasteiger partial charge on any atom is 0.416 e. The van der Waals surface area contributed by atoms with E-state index in [1.54, 1.807) is 0 Å². The molecule has 158 valence electrons. The lowest BCUT2D eigenvalue weighted by molar-refractivity contribution is -0.137. The molecule has 1 aliphatic rings. The molecule has 3 rings (SSSR count). The SMILES string of the molecule is C[Si](C)(c1ccccc1)C(CC(=O)O)CC(=O)N1C(=O)OC[C@@H]1Cc1ccccc1. The maximum atomic E-state index is 13.2. The molecule has 0 radical (unpaired) electrons. The number of aliphatic carboxylic acids is 1. The minimum atomic E-state index is -2.28. The first-order valence-corrected chi connectivity index (χ1v) is 13.2. The smallest absolute Gasteiger partial charge is 0.416 e. The Morgan fingerprint density at radius 3 is 2.27 bits per heavy atom. The highest BCUT2D eigenvalue weighted by Gasteiger charge is 2.42. The molecule has 2 amide bonds. The van der Waals surface area contributed by atoms with E-state index in [0.29, 0.717) is 6.42 Å². The van der Waals surface area contributed by atoms with Gasteiger partial charge in [0.05, 0.1) is 14.1 Å². The van der Waals surface area contributed by atoms with E-state index in [2.05, 4.69) is 13.1 Å². The first-order chi connectivity index (χ1) is 14.3. The van der Waals surface area contributed by atoms with Crippen LogP contribution >= 0.6 is 0 Å². The number of carboxylic acids is 1. The van der Waals surface area contributed by atoms with Gasteiger partial charge in [-0.1, -0.05) is 78.9 Å². The summed E-state index contributed by atoms with van der Waals surface area (Å²) in [5, 5.41) is 10.6. The normalized spacial score (nSPS) is 17.5. The molecule has 30 heavy (non-hydrogen) atoms. The van der Waals surface area contributed by atoms with Gasteiger partial charge in [-0.2, -0.15) is 0 Å². The van der Waals surface area contributed by atoms with Crippen molar-refractivity contribution >= 4 is 31.2 Å². The van der Waals surface area contributed by atoms with Gasteiger partial charge in [0.2, 0.25) is 5.91 Å². The monoisotopic (exact) mass is 425 g/mol. The first kappa shape index (κ1) is 21.8. The largest absolute Gasteiger partial charge is 0.481 e. The Morgan fingerprint density at radius 1 is 1.07 bits per heavy atom. The van der Waals surface area contributed by atoms with Crippen LogP contribution < -0.4 is 5.19 Å². The molecule has 0 saturated carbocycles. The number of carboxylic acid groups (broad SMARTS) is 1. The average molecular weight is 426 g/mol. The number of amides is 2. The molecule has 1 unspecified atom stereocenters. The highest BCUT2D eigenvalue weighted by Crippen LogP contribution is 2.31. The maximum absolute atomic E-state index is 13.2. The molecule has 0 bridgehead atoms. The summed E-state index contributed by atoms with van der Waals surface area (Å²) in [6.45, 7) is 4.31. The van der Waals surface area contributed by atoms with E-state index in [0.717, 1.165) is 10.8 Å². The molecule has 0 aliphatic carbocycles. The lowest BCUT2D eigenvalue weighted by Crippen LogP contribution is -2.49. The Kier molecular flexibility index (Phi) is 6.72. The number of cyclic esters (lactones) is 1. The minimum Gasteiger partial charge on any atom is -0.481 e. The number of nitrogens with zero attached hydrogens (tertiary/aromatic N) is 1. The van der Waals surface area contributed by atoms with Gasteiger partial charge in [0.15, 0.2) is 0 Å². The lowest BCUT2D eigenvalue weighted by Gasteiger charge is -2.33. The molecule has 7 heteroatoms. The number of ether oxygens (including phenoxy) is 1. The Balaban J connectivity index is 1.80. The number of rotatable bonds is 8. The predicted octanol–water partition coefficient (Wildman–Crippen LogP) is 3.43.